The van der Waals surface area contributed by atoms with Crippen molar-refractivity contribution in [2.75, 3.05) is 31.6 Å². The molecule has 140 valence electrons. The predicted molar refractivity (Wildman–Crippen MR) is 103 cm³/mol. The van der Waals surface area contributed by atoms with Gasteiger partial charge < -0.3 is 15.0 Å². The van der Waals surface area contributed by atoms with Gasteiger partial charge in [-0.1, -0.05) is 0 Å². The Morgan fingerprint density at radius 2 is 1.59 bits per heavy atom. The summed E-state index contributed by atoms with van der Waals surface area (Å²) in [5, 5.41) is 11.5. The van der Waals surface area contributed by atoms with E-state index < -0.39 is 0 Å². The highest BCUT2D eigenvalue weighted by molar-refractivity contribution is 6.04. The minimum absolute atomic E-state index is 0.281. The lowest BCUT2D eigenvalue weighted by Gasteiger charge is -2.15. The van der Waals surface area contributed by atoms with Gasteiger partial charge in [-0.2, -0.15) is 5.26 Å². The van der Waals surface area contributed by atoms with Crippen LogP contribution in [0.2, 0.25) is 0 Å². The van der Waals surface area contributed by atoms with Crippen molar-refractivity contribution in [2.45, 2.75) is 13.8 Å². The highest BCUT2D eigenvalue weighted by atomic mass is 16.5. The first-order chi connectivity index (χ1) is 13.1. The third-order valence-corrected chi connectivity index (χ3v) is 4.34. The number of nitrogens with one attached hydrogen (secondary N) is 2. The molecule has 1 amide bonds. The van der Waals surface area contributed by atoms with Crippen molar-refractivity contribution in [2.24, 2.45) is 0 Å². The van der Waals surface area contributed by atoms with Gasteiger partial charge in [-0.05, 0) is 62.4 Å². The van der Waals surface area contributed by atoms with Gasteiger partial charge in [-0.25, -0.2) is 4.79 Å². The third-order valence-electron chi connectivity index (χ3n) is 4.34. The van der Waals surface area contributed by atoms with Gasteiger partial charge in [-0.15, -0.1) is 0 Å². The monoisotopic (exact) mass is 366 g/mol. The number of nitrogens with zero attached hydrogens (tertiary/aromatic N) is 1. The number of anilines is 1. The van der Waals surface area contributed by atoms with Crippen molar-refractivity contribution in [3.63, 3.8) is 0 Å². The smallest absolute Gasteiger partial charge is 0.338 e. The number of carbonyl (C=O) groups is 2. The van der Waals surface area contributed by atoms with E-state index in [1.807, 2.05) is 6.07 Å². The number of hydrogen-bond donors (Lipinski definition) is 2. The molecular weight excluding hydrogens is 342 g/mol. The summed E-state index contributed by atoms with van der Waals surface area (Å²) in [6.45, 7) is 7.38. The van der Waals surface area contributed by atoms with Crippen molar-refractivity contribution >= 4 is 17.6 Å². The largest absolute Gasteiger partial charge is 0.456 e. The van der Waals surface area contributed by atoms with Gasteiger partial charge in [0, 0.05) is 11.3 Å². The number of benzene rings is 2. The van der Waals surface area contributed by atoms with Crippen LogP contribution in [0, 0.1) is 11.3 Å². The fourth-order valence-electron chi connectivity index (χ4n) is 2.56. The molecule has 0 bridgehead atoms. The molecule has 0 aliphatic carbocycles. The first-order valence-corrected chi connectivity index (χ1v) is 8.99. The molecule has 6 nitrogen and oxygen atoms in total. The van der Waals surface area contributed by atoms with Gasteiger partial charge in [0.05, 0.1) is 30.3 Å². The fourth-order valence-corrected chi connectivity index (χ4v) is 2.56. The van der Waals surface area contributed by atoms with Gasteiger partial charge in [0.2, 0.25) is 0 Å². The zero-order valence-electron chi connectivity index (χ0n) is 15.6. The molecule has 0 aliphatic heterocycles. The number of nitriles is 1. The summed E-state index contributed by atoms with van der Waals surface area (Å²) < 4.78 is 5.30. The maximum atomic E-state index is 12.2. The maximum Gasteiger partial charge on any atom is 0.338 e. The average Bonchev–Trinajstić information content (AvgIpc) is 2.71. The Kier molecular flexibility index (Phi) is 7.53. The summed E-state index contributed by atoms with van der Waals surface area (Å²) in [5.41, 5.74) is 1.97. The van der Waals surface area contributed by atoms with Crippen LogP contribution < -0.4 is 10.2 Å². The van der Waals surface area contributed by atoms with Crippen molar-refractivity contribution in [1.29, 1.82) is 5.26 Å². The molecule has 2 rings (SSSR count). The van der Waals surface area contributed by atoms with Crippen LogP contribution in [0.4, 0.5) is 5.69 Å². The Balaban J connectivity index is 1.89. The normalized spacial score (nSPS) is 10.3. The third kappa shape index (κ3) is 5.94. The van der Waals surface area contributed by atoms with E-state index in [0.717, 1.165) is 19.6 Å². The van der Waals surface area contributed by atoms with Crippen molar-refractivity contribution in [3.8, 4) is 6.07 Å². The van der Waals surface area contributed by atoms with E-state index in [1.54, 1.807) is 48.5 Å². The van der Waals surface area contributed by atoms with Crippen LogP contribution in [0.1, 0.15) is 40.1 Å². The zero-order chi connectivity index (χ0) is 19.6. The molecule has 2 aromatic rings. The van der Waals surface area contributed by atoms with E-state index >= 15 is 0 Å². The van der Waals surface area contributed by atoms with Crippen molar-refractivity contribution in [1.82, 2.24) is 0 Å². The molecule has 0 aliphatic rings. The molecule has 0 unspecified atom stereocenters. The Hall–Kier alpha value is -3.17. The summed E-state index contributed by atoms with van der Waals surface area (Å²) in [5.74, 6) is -0.650. The number of esters is 1. The lowest BCUT2D eigenvalue weighted by molar-refractivity contribution is -0.896. The maximum absolute atomic E-state index is 12.2. The molecule has 6 heteroatoms. The van der Waals surface area contributed by atoms with Crippen LogP contribution >= 0.6 is 0 Å². The lowest BCUT2D eigenvalue weighted by Crippen LogP contribution is -3.11. The zero-order valence-corrected chi connectivity index (χ0v) is 15.6. The fraction of sp³-hybridized carbons (Fsp3) is 0.286. The SMILES string of the molecule is CC[NH+](CC)CCOC(=O)c1ccc(NC(=O)c2ccc(C#N)cc2)cc1. The summed E-state index contributed by atoms with van der Waals surface area (Å²) in [6, 6.07) is 15.0. The summed E-state index contributed by atoms with van der Waals surface area (Å²) in [7, 11) is 0. The summed E-state index contributed by atoms with van der Waals surface area (Å²) in [6.07, 6.45) is 0. The van der Waals surface area contributed by atoms with E-state index in [2.05, 4.69) is 19.2 Å². The standard InChI is InChI=1S/C21H23N3O3/c1-3-24(4-2)13-14-27-21(26)18-9-11-19(12-10-18)23-20(25)17-7-5-16(15-22)6-8-17/h5-12H,3-4,13-14H2,1-2H3,(H,23,25)/p+1. The quantitative estimate of drug-likeness (QED) is 0.699. The number of carbonyl (C=O) groups excluding carboxylic acids is 2. The molecular formula is C21H24N3O3+. The van der Waals surface area contributed by atoms with Crippen LogP contribution in [0.25, 0.3) is 0 Å². The van der Waals surface area contributed by atoms with Gasteiger partial charge in [0.1, 0.15) is 13.2 Å². The molecule has 0 atom stereocenters. The molecule has 0 radical (unpaired) electrons. The number of likely N-dealkylation sites (N-methyl/N-ethyl adjacent to an activating group) is 1. The predicted octanol–water partition coefficient (Wildman–Crippen LogP) is 1.89. The van der Waals surface area contributed by atoms with E-state index in [9.17, 15) is 9.59 Å². The number of ether oxygens (including phenoxy) is 1. The first kappa shape index (κ1) is 20.1. The van der Waals surface area contributed by atoms with Gasteiger partial charge in [0.15, 0.2) is 0 Å². The number of rotatable bonds is 8. The molecule has 0 saturated carbocycles. The van der Waals surface area contributed by atoms with Gasteiger partial charge in [-0.3, -0.25) is 4.79 Å². The Morgan fingerprint density at radius 1 is 1.00 bits per heavy atom. The number of quaternary nitrogens is 1. The van der Waals surface area contributed by atoms with Crippen LogP contribution in [-0.2, 0) is 4.74 Å². The highest BCUT2D eigenvalue weighted by Gasteiger charge is 2.10. The van der Waals surface area contributed by atoms with Crippen molar-refractivity contribution < 1.29 is 19.2 Å². The second-order valence-corrected chi connectivity index (χ2v) is 6.06. The average molecular weight is 366 g/mol. The van der Waals surface area contributed by atoms with Crippen LogP contribution in [-0.4, -0.2) is 38.1 Å². The van der Waals surface area contributed by atoms with Crippen LogP contribution in [0.3, 0.4) is 0 Å². The number of amides is 1. The second-order valence-electron chi connectivity index (χ2n) is 6.06. The van der Waals surface area contributed by atoms with Crippen LogP contribution in [0.5, 0.6) is 0 Å². The molecule has 0 heterocycles. The Bertz CT molecular complexity index is 804. The molecule has 0 aromatic heterocycles. The van der Waals surface area contributed by atoms with Gasteiger partial charge >= 0.3 is 5.97 Å². The molecule has 0 fully saturated rings. The molecule has 0 saturated heterocycles. The molecule has 0 spiro atoms. The molecule has 2 aromatic carbocycles. The van der Waals surface area contributed by atoms with Gasteiger partial charge in [0.25, 0.3) is 5.91 Å². The van der Waals surface area contributed by atoms with E-state index in [-0.39, 0.29) is 11.9 Å². The second kappa shape index (κ2) is 10.1. The van der Waals surface area contributed by atoms with E-state index in [4.69, 9.17) is 10.00 Å². The van der Waals surface area contributed by atoms with Crippen LogP contribution in [0.15, 0.2) is 48.5 Å². The number of hydrogen-bond acceptors (Lipinski definition) is 4. The molecule has 27 heavy (non-hydrogen) atoms. The minimum atomic E-state index is -0.369. The highest BCUT2D eigenvalue weighted by Crippen LogP contribution is 2.13. The molecule has 2 N–H and O–H groups in total. The topological polar surface area (TPSA) is 83.6 Å². The summed E-state index contributed by atoms with van der Waals surface area (Å²) in [4.78, 5) is 25.7. The first-order valence-electron chi connectivity index (χ1n) is 8.99. The minimum Gasteiger partial charge on any atom is -0.456 e. The Labute approximate surface area is 159 Å². The van der Waals surface area contributed by atoms with E-state index in [0.29, 0.717) is 29.0 Å². The van der Waals surface area contributed by atoms with Crippen molar-refractivity contribution in [3.05, 3.63) is 65.2 Å². The summed E-state index contributed by atoms with van der Waals surface area (Å²) >= 11 is 0. The van der Waals surface area contributed by atoms with E-state index in [1.165, 1.54) is 4.90 Å². The Morgan fingerprint density at radius 3 is 2.15 bits per heavy atom. The lowest BCUT2D eigenvalue weighted by atomic mass is 10.1.